The van der Waals surface area contributed by atoms with E-state index in [2.05, 4.69) is 6.92 Å². The average molecular weight is 132 g/mol. The van der Waals surface area contributed by atoms with E-state index in [1.165, 1.54) is 0 Å². The van der Waals surface area contributed by atoms with Crippen molar-refractivity contribution in [1.29, 1.82) is 0 Å². The van der Waals surface area contributed by atoms with Crippen LogP contribution in [0.1, 0.15) is 26.7 Å². The van der Waals surface area contributed by atoms with Crippen molar-refractivity contribution in [1.82, 2.24) is 0 Å². The molecule has 0 spiro atoms. The molecule has 0 rings (SSSR count). The first-order valence-electron chi connectivity index (χ1n) is 3.26. The summed E-state index contributed by atoms with van der Waals surface area (Å²) in [5.74, 6) is 0. The highest BCUT2D eigenvalue weighted by Crippen LogP contribution is 1.70. The van der Waals surface area contributed by atoms with Gasteiger partial charge in [0, 0.05) is 20.1 Å². The Labute approximate surface area is 57.2 Å². The minimum absolute atomic E-state index is 0.639. The molecule has 56 valence electrons. The highest BCUT2D eigenvalue weighted by atomic mass is 16.5. The van der Waals surface area contributed by atoms with Crippen molar-refractivity contribution >= 4 is 6.29 Å². The molecule has 0 bridgehead atoms. The maximum atomic E-state index is 9.17. The molecular weight excluding hydrogens is 116 g/mol. The van der Waals surface area contributed by atoms with E-state index in [4.69, 9.17) is 4.74 Å². The molecule has 0 unspecified atom stereocenters. The molecule has 0 heterocycles. The van der Waals surface area contributed by atoms with Crippen molar-refractivity contribution in [3.63, 3.8) is 0 Å². The molecule has 0 fully saturated rings. The second kappa shape index (κ2) is 15.6. The molecule has 0 N–H and O–H groups in total. The van der Waals surface area contributed by atoms with Crippen LogP contribution in [0.2, 0.25) is 0 Å². The third-order valence-corrected chi connectivity index (χ3v) is 0.575. The van der Waals surface area contributed by atoms with Crippen LogP contribution in [0.15, 0.2) is 0 Å². The van der Waals surface area contributed by atoms with E-state index in [0.717, 1.165) is 19.3 Å². The van der Waals surface area contributed by atoms with Crippen molar-refractivity contribution in [3.8, 4) is 0 Å². The highest BCUT2D eigenvalue weighted by Gasteiger charge is 1.66. The Bertz CT molecular complexity index is 42.2. The number of carbonyl (C=O) groups excluding carboxylic acids is 1. The summed E-state index contributed by atoms with van der Waals surface area (Å²) in [6.45, 7) is 4.79. The lowest BCUT2D eigenvalue weighted by Crippen LogP contribution is -1.80. The zero-order valence-corrected chi connectivity index (χ0v) is 6.52. The second-order valence-electron chi connectivity index (χ2n) is 1.57. The third kappa shape index (κ3) is 35.0. The fourth-order valence-electron chi connectivity index (χ4n) is 0.204. The molecule has 0 saturated carbocycles. The standard InChI is InChI=1S/C4H10O.C3H6O/c1-3-4-5-2;1-2-3-4/h3-4H2,1-2H3;3H,2H2,1H3. The maximum absolute atomic E-state index is 9.17. The van der Waals surface area contributed by atoms with Gasteiger partial charge in [-0.2, -0.15) is 0 Å². The SMILES string of the molecule is CCC=O.CCCOC. The second-order valence-corrected chi connectivity index (χ2v) is 1.57. The number of hydrogen-bond acceptors (Lipinski definition) is 2. The minimum Gasteiger partial charge on any atom is -0.385 e. The Kier molecular flexibility index (Phi) is 19.9. The van der Waals surface area contributed by atoms with E-state index >= 15 is 0 Å². The van der Waals surface area contributed by atoms with Crippen LogP contribution in [0.3, 0.4) is 0 Å². The Morgan fingerprint density at radius 1 is 1.44 bits per heavy atom. The molecule has 0 aromatic heterocycles. The quantitative estimate of drug-likeness (QED) is 0.546. The molecule has 9 heavy (non-hydrogen) atoms. The Morgan fingerprint density at radius 3 is 1.89 bits per heavy atom. The summed E-state index contributed by atoms with van der Waals surface area (Å²) < 4.78 is 4.69. The van der Waals surface area contributed by atoms with Gasteiger partial charge in [0.25, 0.3) is 0 Å². The molecule has 2 heteroatoms. The topological polar surface area (TPSA) is 26.3 Å². The monoisotopic (exact) mass is 132 g/mol. The van der Waals surface area contributed by atoms with E-state index < -0.39 is 0 Å². The number of carbonyl (C=O) groups is 1. The summed E-state index contributed by atoms with van der Waals surface area (Å²) in [5, 5.41) is 0. The molecule has 0 aliphatic rings. The Morgan fingerprint density at radius 2 is 1.89 bits per heavy atom. The normalized spacial score (nSPS) is 7.44. The number of hydrogen-bond donors (Lipinski definition) is 0. The smallest absolute Gasteiger partial charge is 0.119 e. The molecule has 0 aromatic carbocycles. The summed E-state index contributed by atoms with van der Waals surface area (Å²) in [5.41, 5.74) is 0. The van der Waals surface area contributed by atoms with E-state index in [-0.39, 0.29) is 0 Å². The van der Waals surface area contributed by atoms with E-state index in [9.17, 15) is 4.79 Å². The lowest BCUT2D eigenvalue weighted by atomic mass is 10.5. The first-order chi connectivity index (χ1) is 4.33. The van der Waals surface area contributed by atoms with Crippen LogP contribution >= 0.6 is 0 Å². The van der Waals surface area contributed by atoms with E-state index in [0.29, 0.717) is 6.42 Å². The van der Waals surface area contributed by atoms with Gasteiger partial charge in [0.1, 0.15) is 6.29 Å². The molecule has 0 amide bonds. The predicted octanol–water partition coefficient (Wildman–Crippen LogP) is 1.64. The predicted molar refractivity (Wildman–Crippen MR) is 38.5 cm³/mol. The van der Waals surface area contributed by atoms with Gasteiger partial charge in [-0.3, -0.25) is 0 Å². The molecule has 0 aromatic rings. The van der Waals surface area contributed by atoms with Gasteiger partial charge in [0.15, 0.2) is 0 Å². The van der Waals surface area contributed by atoms with Gasteiger partial charge in [-0.25, -0.2) is 0 Å². The largest absolute Gasteiger partial charge is 0.385 e. The summed E-state index contributed by atoms with van der Waals surface area (Å²) in [4.78, 5) is 9.17. The van der Waals surface area contributed by atoms with Crippen molar-refractivity contribution in [3.05, 3.63) is 0 Å². The van der Waals surface area contributed by atoms with Crippen LogP contribution < -0.4 is 0 Å². The zero-order chi connectivity index (χ0) is 7.54. The molecule has 0 radical (unpaired) electrons. The van der Waals surface area contributed by atoms with Crippen LogP contribution in [0.25, 0.3) is 0 Å². The first-order valence-corrected chi connectivity index (χ1v) is 3.26. The number of methoxy groups -OCH3 is 1. The molecule has 0 aliphatic carbocycles. The Balaban J connectivity index is 0. The molecule has 0 atom stereocenters. The summed E-state index contributed by atoms with van der Waals surface area (Å²) >= 11 is 0. The van der Waals surface area contributed by atoms with Gasteiger partial charge in [0.05, 0.1) is 0 Å². The third-order valence-electron chi connectivity index (χ3n) is 0.575. The average Bonchev–Trinajstić information content (AvgIpc) is 1.91. The van der Waals surface area contributed by atoms with Crippen LogP contribution in [-0.4, -0.2) is 20.0 Å². The van der Waals surface area contributed by atoms with Crippen molar-refractivity contribution in [2.24, 2.45) is 0 Å². The fraction of sp³-hybridized carbons (Fsp3) is 0.857. The van der Waals surface area contributed by atoms with E-state index in [1.54, 1.807) is 7.11 Å². The van der Waals surface area contributed by atoms with Gasteiger partial charge in [0.2, 0.25) is 0 Å². The lowest BCUT2D eigenvalue weighted by Gasteiger charge is -1.84. The van der Waals surface area contributed by atoms with Gasteiger partial charge in [-0.1, -0.05) is 13.8 Å². The van der Waals surface area contributed by atoms with Crippen LogP contribution in [-0.2, 0) is 9.53 Å². The molecular formula is C7H16O2. The number of rotatable bonds is 3. The van der Waals surface area contributed by atoms with Crippen molar-refractivity contribution in [2.75, 3.05) is 13.7 Å². The van der Waals surface area contributed by atoms with Crippen molar-refractivity contribution < 1.29 is 9.53 Å². The van der Waals surface area contributed by atoms with Crippen LogP contribution in [0, 0.1) is 0 Å². The van der Waals surface area contributed by atoms with E-state index in [1.807, 2.05) is 6.92 Å². The first kappa shape index (κ1) is 11.4. The minimum atomic E-state index is 0.639. The van der Waals surface area contributed by atoms with Gasteiger partial charge >= 0.3 is 0 Å². The van der Waals surface area contributed by atoms with Crippen molar-refractivity contribution in [2.45, 2.75) is 26.7 Å². The Hall–Kier alpha value is -0.370. The maximum Gasteiger partial charge on any atom is 0.119 e. The number of aldehydes is 1. The summed E-state index contributed by atoms with van der Waals surface area (Å²) in [6, 6.07) is 0. The van der Waals surface area contributed by atoms with Crippen LogP contribution in [0.4, 0.5) is 0 Å². The number of ether oxygens (including phenoxy) is 1. The summed E-state index contributed by atoms with van der Waals surface area (Å²) in [6.07, 6.45) is 2.64. The van der Waals surface area contributed by atoms with Crippen LogP contribution in [0.5, 0.6) is 0 Å². The molecule has 0 saturated heterocycles. The van der Waals surface area contributed by atoms with Gasteiger partial charge < -0.3 is 9.53 Å². The highest BCUT2D eigenvalue weighted by molar-refractivity contribution is 5.48. The fourth-order valence-corrected chi connectivity index (χ4v) is 0.204. The summed E-state index contributed by atoms with van der Waals surface area (Å²) in [7, 11) is 1.71. The van der Waals surface area contributed by atoms with Gasteiger partial charge in [-0.15, -0.1) is 0 Å². The van der Waals surface area contributed by atoms with Gasteiger partial charge in [-0.05, 0) is 6.42 Å². The lowest BCUT2D eigenvalue weighted by molar-refractivity contribution is -0.107. The zero-order valence-electron chi connectivity index (χ0n) is 6.52. The molecule has 2 nitrogen and oxygen atoms in total. The molecule has 0 aliphatic heterocycles.